The van der Waals surface area contributed by atoms with E-state index < -0.39 is 40.6 Å². The Morgan fingerprint density at radius 3 is 2.36 bits per heavy atom. The van der Waals surface area contributed by atoms with Crippen molar-refractivity contribution in [2.45, 2.75) is 43.8 Å². The van der Waals surface area contributed by atoms with E-state index in [2.05, 4.69) is 10.0 Å². The number of nitrogens with zero attached hydrogens (tertiary/aromatic N) is 1. The van der Waals surface area contributed by atoms with E-state index in [1.165, 1.54) is 38.1 Å². The molecule has 0 aromatic heterocycles. The lowest BCUT2D eigenvalue weighted by atomic mass is 9.97. The predicted octanol–water partition coefficient (Wildman–Crippen LogP) is 2.11. The fourth-order valence-corrected chi connectivity index (χ4v) is 4.19. The van der Waals surface area contributed by atoms with Crippen molar-refractivity contribution in [2.75, 3.05) is 18.4 Å². The zero-order valence-corrected chi connectivity index (χ0v) is 16.2. The molecule has 2 amide bonds. The number of hydrogen-bond donors (Lipinski definition) is 2. The van der Waals surface area contributed by atoms with Gasteiger partial charge in [0.15, 0.2) is 0 Å². The van der Waals surface area contributed by atoms with Crippen LogP contribution in [0.3, 0.4) is 0 Å². The van der Waals surface area contributed by atoms with Gasteiger partial charge in [0.25, 0.3) is 0 Å². The second kappa shape index (κ2) is 8.48. The summed E-state index contributed by atoms with van der Waals surface area (Å²) in [5, 5.41) is 2.49. The van der Waals surface area contributed by atoms with Crippen molar-refractivity contribution in [2.24, 2.45) is 5.92 Å². The topological polar surface area (TPSA) is 95.6 Å². The fraction of sp³-hybridized carbons (Fsp3) is 0.529. The SMILES string of the molecule is CC(=O)Nc1ccc(S(=O)(=O)N[C@H](C)C(=O)N2CCC[C@H](C(F)(F)F)C2)cc1. The van der Waals surface area contributed by atoms with Crippen molar-refractivity contribution in [1.82, 2.24) is 9.62 Å². The first-order valence-electron chi connectivity index (χ1n) is 8.65. The van der Waals surface area contributed by atoms with Crippen molar-refractivity contribution in [3.8, 4) is 0 Å². The summed E-state index contributed by atoms with van der Waals surface area (Å²) in [5.74, 6) is -2.62. The van der Waals surface area contributed by atoms with Crippen molar-refractivity contribution in [3.63, 3.8) is 0 Å². The highest BCUT2D eigenvalue weighted by Gasteiger charge is 2.43. The zero-order valence-electron chi connectivity index (χ0n) is 15.4. The molecule has 2 atom stereocenters. The summed E-state index contributed by atoms with van der Waals surface area (Å²) in [6.45, 7) is 2.29. The molecule has 156 valence electrons. The fourth-order valence-electron chi connectivity index (χ4n) is 2.99. The van der Waals surface area contributed by atoms with E-state index in [0.29, 0.717) is 5.69 Å². The van der Waals surface area contributed by atoms with Crippen LogP contribution in [-0.4, -0.2) is 50.4 Å². The number of halogens is 3. The number of rotatable bonds is 5. The minimum Gasteiger partial charge on any atom is -0.341 e. The molecule has 1 aromatic rings. The summed E-state index contributed by atoms with van der Waals surface area (Å²) >= 11 is 0. The third kappa shape index (κ3) is 5.68. The quantitative estimate of drug-likeness (QED) is 0.761. The normalized spacial score (nSPS) is 19.2. The van der Waals surface area contributed by atoms with Gasteiger partial charge in [-0.15, -0.1) is 0 Å². The third-order valence-corrected chi connectivity index (χ3v) is 5.94. The summed E-state index contributed by atoms with van der Waals surface area (Å²) < 4.78 is 65.8. The van der Waals surface area contributed by atoms with Crippen LogP contribution in [0.2, 0.25) is 0 Å². The van der Waals surface area contributed by atoms with E-state index in [-0.39, 0.29) is 30.2 Å². The summed E-state index contributed by atoms with van der Waals surface area (Å²) in [6.07, 6.45) is -4.23. The lowest BCUT2D eigenvalue weighted by molar-refractivity contribution is -0.188. The van der Waals surface area contributed by atoms with Crippen LogP contribution in [0.15, 0.2) is 29.2 Å². The summed E-state index contributed by atoms with van der Waals surface area (Å²) in [5.41, 5.74) is 0.405. The molecule has 0 bridgehead atoms. The average molecular weight is 421 g/mol. The van der Waals surface area contributed by atoms with Crippen LogP contribution in [0.1, 0.15) is 26.7 Å². The number of nitrogens with one attached hydrogen (secondary N) is 2. The van der Waals surface area contributed by atoms with E-state index in [1.807, 2.05) is 0 Å². The van der Waals surface area contributed by atoms with Gasteiger partial charge in [0, 0.05) is 25.7 Å². The number of alkyl halides is 3. The molecular formula is C17H22F3N3O4S. The average Bonchev–Trinajstić information content (AvgIpc) is 2.60. The molecule has 1 aromatic carbocycles. The molecular weight excluding hydrogens is 399 g/mol. The van der Waals surface area contributed by atoms with Crippen molar-refractivity contribution in [1.29, 1.82) is 0 Å². The standard InChI is InChI=1S/C17H22F3N3O4S/c1-11(16(25)23-9-3-4-13(10-23)17(18,19)20)22-28(26,27)15-7-5-14(6-8-15)21-12(2)24/h5-8,11,13,22H,3-4,9-10H2,1-2H3,(H,21,24)/t11-,13+/m1/s1. The van der Waals surface area contributed by atoms with Crippen LogP contribution in [0, 0.1) is 5.92 Å². The molecule has 1 aliphatic heterocycles. The third-order valence-electron chi connectivity index (χ3n) is 4.38. The molecule has 2 N–H and O–H groups in total. The summed E-state index contributed by atoms with van der Waals surface area (Å²) in [4.78, 5) is 24.4. The Morgan fingerprint density at radius 1 is 1.21 bits per heavy atom. The molecule has 11 heteroatoms. The number of carbonyl (C=O) groups is 2. The number of hydrogen-bond acceptors (Lipinski definition) is 4. The number of carbonyl (C=O) groups excluding carboxylic acids is 2. The Morgan fingerprint density at radius 2 is 1.82 bits per heavy atom. The number of piperidine rings is 1. The van der Waals surface area contributed by atoms with E-state index in [4.69, 9.17) is 0 Å². The zero-order chi connectivity index (χ0) is 21.1. The second-order valence-corrected chi connectivity index (χ2v) is 8.43. The van der Waals surface area contributed by atoms with Gasteiger partial charge in [0.05, 0.1) is 16.9 Å². The van der Waals surface area contributed by atoms with Gasteiger partial charge in [-0.2, -0.15) is 17.9 Å². The highest BCUT2D eigenvalue weighted by molar-refractivity contribution is 7.89. The van der Waals surface area contributed by atoms with Gasteiger partial charge in [0.2, 0.25) is 21.8 Å². The van der Waals surface area contributed by atoms with Crippen LogP contribution >= 0.6 is 0 Å². The molecule has 0 radical (unpaired) electrons. The highest BCUT2D eigenvalue weighted by Crippen LogP contribution is 2.33. The molecule has 1 aliphatic rings. The van der Waals surface area contributed by atoms with Gasteiger partial charge in [-0.25, -0.2) is 8.42 Å². The van der Waals surface area contributed by atoms with Crippen molar-refractivity contribution >= 4 is 27.5 Å². The molecule has 28 heavy (non-hydrogen) atoms. The van der Waals surface area contributed by atoms with E-state index in [0.717, 1.165) is 4.90 Å². The number of amides is 2. The van der Waals surface area contributed by atoms with Gasteiger partial charge in [-0.1, -0.05) is 0 Å². The Labute approximate surface area is 161 Å². The maximum Gasteiger partial charge on any atom is 0.393 e. The highest BCUT2D eigenvalue weighted by atomic mass is 32.2. The Kier molecular flexibility index (Phi) is 6.71. The van der Waals surface area contributed by atoms with Crippen LogP contribution in [-0.2, 0) is 19.6 Å². The monoisotopic (exact) mass is 421 g/mol. The van der Waals surface area contributed by atoms with Crippen LogP contribution < -0.4 is 10.0 Å². The minimum absolute atomic E-state index is 0.0476. The Balaban J connectivity index is 2.04. The molecule has 1 fully saturated rings. The number of sulfonamides is 1. The smallest absolute Gasteiger partial charge is 0.341 e. The van der Waals surface area contributed by atoms with E-state index >= 15 is 0 Å². The van der Waals surface area contributed by atoms with E-state index in [9.17, 15) is 31.2 Å². The number of benzene rings is 1. The predicted molar refractivity (Wildman–Crippen MR) is 95.9 cm³/mol. The largest absolute Gasteiger partial charge is 0.393 e. The maximum atomic E-state index is 12.9. The first kappa shape index (κ1) is 22.2. The van der Waals surface area contributed by atoms with Gasteiger partial charge in [-0.05, 0) is 44.0 Å². The maximum absolute atomic E-state index is 12.9. The molecule has 1 heterocycles. The van der Waals surface area contributed by atoms with Crippen molar-refractivity contribution < 1.29 is 31.2 Å². The molecule has 7 nitrogen and oxygen atoms in total. The van der Waals surface area contributed by atoms with E-state index in [1.54, 1.807) is 0 Å². The van der Waals surface area contributed by atoms with Gasteiger partial charge in [-0.3, -0.25) is 9.59 Å². The summed E-state index contributed by atoms with van der Waals surface area (Å²) in [6, 6.07) is 4.07. The van der Waals surface area contributed by atoms with Gasteiger partial charge >= 0.3 is 6.18 Å². The molecule has 0 aliphatic carbocycles. The first-order chi connectivity index (χ1) is 12.9. The van der Waals surface area contributed by atoms with Gasteiger partial charge < -0.3 is 10.2 Å². The van der Waals surface area contributed by atoms with Gasteiger partial charge in [0.1, 0.15) is 0 Å². The van der Waals surface area contributed by atoms with Crippen LogP contribution in [0.25, 0.3) is 0 Å². The lowest BCUT2D eigenvalue weighted by Gasteiger charge is -2.35. The minimum atomic E-state index is -4.39. The Bertz CT molecular complexity index is 825. The summed E-state index contributed by atoms with van der Waals surface area (Å²) in [7, 11) is -4.06. The second-order valence-electron chi connectivity index (χ2n) is 6.71. The molecule has 0 saturated carbocycles. The molecule has 2 rings (SSSR count). The number of likely N-dealkylation sites (tertiary alicyclic amines) is 1. The molecule has 0 spiro atoms. The molecule has 0 unspecified atom stereocenters. The van der Waals surface area contributed by atoms with Crippen LogP contribution in [0.4, 0.5) is 18.9 Å². The number of anilines is 1. The van der Waals surface area contributed by atoms with Crippen molar-refractivity contribution in [3.05, 3.63) is 24.3 Å². The van der Waals surface area contributed by atoms with Crippen LogP contribution in [0.5, 0.6) is 0 Å². The molecule has 1 saturated heterocycles. The first-order valence-corrected chi connectivity index (χ1v) is 10.1. The Hall–Kier alpha value is -2.14. The lowest BCUT2D eigenvalue weighted by Crippen LogP contribution is -2.51.